The van der Waals surface area contributed by atoms with Crippen LogP contribution in [-0.4, -0.2) is 115 Å². The molecule has 0 bridgehead atoms. The van der Waals surface area contributed by atoms with Gasteiger partial charge in [0.05, 0.1) is 13.2 Å². The minimum absolute atomic E-state index is 0.669. The largest absolute Gasteiger partial charge is 0.394 e. The van der Waals surface area contributed by atoms with Crippen molar-refractivity contribution in [2.24, 2.45) is 0 Å². The molecule has 0 aromatic rings. The Morgan fingerprint density at radius 1 is 0.783 bits per heavy atom. The summed E-state index contributed by atoms with van der Waals surface area (Å²) in [7, 11) is 0. The van der Waals surface area contributed by atoms with E-state index in [1.807, 2.05) is 0 Å². The summed E-state index contributed by atoms with van der Waals surface area (Å²) in [6, 6.07) is 0. The van der Waals surface area contributed by atoms with Crippen LogP contribution >= 0.6 is 0 Å². The highest BCUT2D eigenvalue weighted by atomic mass is 16.9. The number of aliphatic hydroxyl groups excluding tert-OH is 8. The summed E-state index contributed by atoms with van der Waals surface area (Å²) in [4.78, 5) is 0. The maximum absolute atomic E-state index is 10.00. The number of ether oxygens (including phenoxy) is 3. The molecule has 2 saturated heterocycles. The zero-order chi connectivity index (χ0) is 17.4. The monoisotopic (exact) mass is 343 g/mol. The van der Waals surface area contributed by atoms with Gasteiger partial charge in [-0.3, -0.25) is 0 Å². The molecule has 0 aromatic heterocycles. The first-order chi connectivity index (χ1) is 10.8. The molecule has 2 aliphatic rings. The van der Waals surface area contributed by atoms with Gasteiger partial charge in [-0.1, -0.05) is 0 Å². The first kappa shape index (κ1) is 18.9. The highest BCUT2D eigenvalue weighted by molar-refractivity contribution is 4.98. The molecule has 0 spiro atoms. The summed E-state index contributed by atoms with van der Waals surface area (Å²) in [5, 5.41) is 76.7. The lowest BCUT2D eigenvalue weighted by molar-refractivity contribution is -0.383. The highest BCUT2D eigenvalue weighted by Gasteiger charge is 2.58. The minimum Gasteiger partial charge on any atom is -0.394 e. The van der Waals surface area contributed by atoms with Gasteiger partial charge in [0.2, 0.25) is 5.79 Å². The number of hydrogen-bond donors (Lipinski definition) is 8. The molecule has 8 N–H and O–H groups in total. The fraction of sp³-hybridized carbons (Fsp3) is 1.00. The molecule has 1 unspecified atom stereocenters. The van der Waals surface area contributed by atoms with Gasteiger partial charge in [-0.05, 0) is 0 Å². The second-order valence-electron chi connectivity index (χ2n) is 5.56. The van der Waals surface area contributed by atoms with Crippen molar-refractivity contribution in [3.05, 3.63) is 0 Å². The van der Waals surface area contributed by atoms with Crippen LogP contribution in [0.15, 0.2) is 0 Å². The van der Waals surface area contributed by atoms with E-state index < -0.39 is 74.6 Å². The topological polar surface area (TPSA) is 190 Å². The van der Waals surface area contributed by atoms with Crippen LogP contribution in [0.5, 0.6) is 0 Å². The van der Waals surface area contributed by atoms with E-state index in [1.54, 1.807) is 0 Å². The third-order valence-corrected chi connectivity index (χ3v) is 4.07. The molecule has 136 valence electrons. The molecule has 0 aliphatic carbocycles. The second-order valence-corrected chi connectivity index (χ2v) is 5.56. The van der Waals surface area contributed by atoms with Gasteiger partial charge in [-0.15, -0.1) is 0 Å². The van der Waals surface area contributed by atoms with Crippen LogP contribution in [0.1, 0.15) is 0 Å². The van der Waals surface area contributed by atoms with Crippen molar-refractivity contribution in [1.29, 1.82) is 0 Å². The van der Waals surface area contributed by atoms with Gasteiger partial charge < -0.3 is 55.1 Å². The molecule has 2 aliphatic heterocycles. The number of hydrogen-bond acceptors (Lipinski definition) is 11. The van der Waals surface area contributed by atoms with E-state index in [2.05, 4.69) is 0 Å². The lowest BCUT2D eigenvalue weighted by Crippen LogP contribution is -2.62. The zero-order valence-corrected chi connectivity index (χ0v) is 12.0. The standard InChI is InChI=1S/C12H22O11/c13-1-4-6(16)8(18)9(19)11(21-4)23-12(3-15)10(20)7(17)5(2-14)22-12/h4-11,13-20H,1-3H2/t4-,5-,6-,7-,8+,9-,10+,11?,12+/m1/s1/i11+1. The average molecular weight is 343 g/mol. The molecule has 2 fully saturated rings. The molecule has 23 heavy (non-hydrogen) atoms. The predicted octanol–water partition coefficient (Wildman–Crippen LogP) is -5.40. The summed E-state index contributed by atoms with van der Waals surface area (Å²) in [5.74, 6) is -2.22. The Labute approximate surface area is 130 Å². The van der Waals surface area contributed by atoms with E-state index >= 15 is 0 Å². The van der Waals surface area contributed by atoms with Gasteiger partial charge in [0, 0.05) is 0 Å². The van der Waals surface area contributed by atoms with Gasteiger partial charge in [0.1, 0.15) is 49.3 Å². The van der Waals surface area contributed by atoms with Crippen LogP contribution in [0.2, 0.25) is 0 Å². The molecule has 9 atom stereocenters. The van der Waals surface area contributed by atoms with Crippen LogP contribution in [0.25, 0.3) is 0 Å². The van der Waals surface area contributed by atoms with Crippen LogP contribution in [-0.2, 0) is 14.2 Å². The third kappa shape index (κ3) is 3.23. The zero-order valence-electron chi connectivity index (χ0n) is 12.0. The smallest absolute Gasteiger partial charge is 0.224 e. The van der Waals surface area contributed by atoms with Crippen molar-refractivity contribution in [2.45, 2.75) is 54.8 Å². The highest BCUT2D eigenvalue weighted by Crippen LogP contribution is 2.35. The van der Waals surface area contributed by atoms with Crippen LogP contribution in [0, 0.1) is 0 Å². The van der Waals surface area contributed by atoms with E-state index in [9.17, 15) is 30.6 Å². The second kappa shape index (κ2) is 7.21. The Hall–Kier alpha value is -0.440. The lowest BCUT2D eigenvalue weighted by Gasteiger charge is -2.43. The maximum Gasteiger partial charge on any atom is 0.224 e. The molecule has 0 aromatic carbocycles. The van der Waals surface area contributed by atoms with Gasteiger partial charge in [-0.2, -0.15) is 0 Å². The van der Waals surface area contributed by atoms with E-state index in [0.717, 1.165) is 0 Å². The van der Waals surface area contributed by atoms with Crippen molar-refractivity contribution in [3.8, 4) is 0 Å². The fourth-order valence-electron chi connectivity index (χ4n) is 2.63. The molecular weight excluding hydrogens is 321 g/mol. The quantitative estimate of drug-likeness (QED) is 0.222. The molecule has 0 radical (unpaired) electrons. The Morgan fingerprint density at radius 3 is 1.87 bits per heavy atom. The van der Waals surface area contributed by atoms with Gasteiger partial charge in [0.25, 0.3) is 0 Å². The van der Waals surface area contributed by atoms with Gasteiger partial charge in [0.15, 0.2) is 6.29 Å². The summed E-state index contributed by atoms with van der Waals surface area (Å²) in [6.45, 7) is -2.32. The van der Waals surface area contributed by atoms with Crippen LogP contribution in [0.3, 0.4) is 0 Å². The van der Waals surface area contributed by atoms with Crippen molar-refractivity contribution < 1.29 is 55.1 Å². The number of aliphatic hydroxyl groups is 8. The summed E-state index contributed by atoms with van der Waals surface area (Å²) in [6.07, 6.45) is -12.7. The fourth-order valence-corrected chi connectivity index (χ4v) is 2.63. The van der Waals surface area contributed by atoms with Gasteiger partial charge >= 0.3 is 0 Å². The van der Waals surface area contributed by atoms with E-state index in [0.29, 0.717) is 0 Å². The Kier molecular flexibility index (Phi) is 5.92. The molecule has 2 heterocycles. The first-order valence-electron chi connectivity index (χ1n) is 7.05. The van der Waals surface area contributed by atoms with E-state index in [4.69, 9.17) is 24.4 Å². The molecule has 11 heteroatoms. The van der Waals surface area contributed by atoms with Crippen molar-refractivity contribution in [3.63, 3.8) is 0 Å². The minimum atomic E-state index is -2.22. The van der Waals surface area contributed by atoms with E-state index in [1.165, 1.54) is 0 Å². The summed E-state index contributed by atoms with van der Waals surface area (Å²) < 4.78 is 15.4. The van der Waals surface area contributed by atoms with Crippen molar-refractivity contribution >= 4 is 0 Å². The maximum atomic E-state index is 10.00. The van der Waals surface area contributed by atoms with Crippen LogP contribution < -0.4 is 0 Å². The SMILES string of the molecule is OC[C@H]1O[C@@](CO)(O[13CH]2O[C@H](CO)[C@@H](O)[C@H](O)[C@H]2O)[C@@H](O)[C@@H]1O. The molecule has 0 amide bonds. The Balaban J connectivity index is 2.18. The third-order valence-electron chi connectivity index (χ3n) is 4.07. The molecule has 11 nitrogen and oxygen atoms in total. The lowest BCUT2D eigenvalue weighted by atomic mass is 10.0. The molecular formula is C12H22O11. The molecule has 2 rings (SSSR count). The summed E-state index contributed by atoms with van der Waals surface area (Å²) >= 11 is 0. The predicted molar refractivity (Wildman–Crippen MR) is 68.6 cm³/mol. The number of rotatable bonds is 5. The molecule has 0 saturated carbocycles. The average Bonchev–Trinajstić information content (AvgIpc) is 2.80. The van der Waals surface area contributed by atoms with E-state index in [-0.39, 0.29) is 0 Å². The van der Waals surface area contributed by atoms with Gasteiger partial charge in [-0.25, -0.2) is 0 Å². The first-order valence-corrected chi connectivity index (χ1v) is 7.05. The Bertz CT molecular complexity index is 393. The van der Waals surface area contributed by atoms with Crippen LogP contribution in [0.4, 0.5) is 0 Å². The summed E-state index contributed by atoms with van der Waals surface area (Å²) in [5.41, 5.74) is 0. The van der Waals surface area contributed by atoms with Crippen molar-refractivity contribution in [2.75, 3.05) is 19.8 Å². The Morgan fingerprint density at radius 2 is 1.39 bits per heavy atom. The normalized spacial score (nSPS) is 51.1. The van der Waals surface area contributed by atoms with Crippen molar-refractivity contribution in [1.82, 2.24) is 0 Å².